The van der Waals surface area contributed by atoms with Crippen molar-refractivity contribution in [3.05, 3.63) is 0 Å². The number of hydrogen-bond acceptors (Lipinski definition) is 7. The normalized spacial score (nSPS) is 24.5. The molecule has 1 heterocycles. The van der Waals surface area contributed by atoms with Gasteiger partial charge < -0.3 is 26.2 Å². The van der Waals surface area contributed by atoms with E-state index in [0.29, 0.717) is 29.1 Å². The number of carboxylic acids is 2. The van der Waals surface area contributed by atoms with E-state index in [-0.39, 0.29) is 31.2 Å². The summed E-state index contributed by atoms with van der Waals surface area (Å²) in [4.78, 5) is 66.1. The first kappa shape index (κ1) is 33.0. The highest BCUT2D eigenvalue weighted by Crippen LogP contribution is 2.45. The Morgan fingerprint density at radius 3 is 2.27 bits per heavy atom. The van der Waals surface area contributed by atoms with Crippen LogP contribution in [0.25, 0.3) is 0 Å². The summed E-state index contributed by atoms with van der Waals surface area (Å²) in [6, 6.07) is -3.03. The summed E-state index contributed by atoms with van der Waals surface area (Å²) in [5, 5.41) is 22.8. The standard InChI is InChI=1S/C30H50N4O7/c1-2-33(26(35)12-5-7-20-13-15-32-16-14-20)19-27(36)34(29(39)24(31)18-28(37)38)25(30(40)41)17-22-10-6-9-21-8-3-4-11-23(21)22/h20-25,32H,2-19,31H2,1H3,(H,37,38)(H,40,41)/t21?,22?,23?,24-,25-/m0/s1. The molecule has 2 saturated carbocycles. The molecule has 11 nitrogen and oxygen atoms in total. The fraction of sp³-hybridized carbons (Fsp3) is 0.833. The van der Waals surface area contributed by atoms with Crippen LogP contribution in [0.4, 0.5) is 0 Å². The van der Waals surface area contributed by atoms with Gasteiger partial charge in [-0.3, -0.25) is 24.1 Å². The lowest BCUT2D eigenvalue weighted by atomic mass is 9.64. The van der Waals surface area contributed by atoms with Crippen molar-refractivity contribution in [2.75, 3.05) is 26.2 Å². The van der Waals surface area contributed by atoms with Crippen LogP contribution in [0.1, 0.15) is 96.8 Å². The number of amides is 3. The van der Waals surface area contributed by atoms with Crippen LogP contribution in [0.2, 0.25) is 0 Å². The van der Waals surface area contributed by atoms with E-state index in [1.54, 1.807) is 6.92 Å². The van der Waals surface area contributed by atoms with Crippen molar-refractivity contribution in [1.82, 2.24) is 15.1 Å². The molecule has 41 heavy (non-hydrogen) atoms. The van der Waals surface area contributed by atoms with Crippen LogP contribution in [-0.4, -0.2) is 87.9 Å². The van der Waals surface area contributed by atoms with Crippen LogP contribution < -0.4 is 11.1 Å². The van der Waals surface area contributed by atoms with Crippen molar-refractivity contribution in [2.45, 2.75) is 109 Å². The lowest BCUT2D eigenvalue weighted by Gasteiger charge is -2.43. The lowest BCUT2D eigenvalue weighted by Crippen LogP contribution is -2.58. The average Bonchev–Trinajstić information content (AvgIpc) is 2.95. The number of likely N-dealkylation sites (N-methyl/N-ethyl adjacent to an activating group) is 1. The van der Waals surface area contributed by atoms with E-state index in [1.165, 1.54) is 11.3 Å². The Hall–Kier alpha value is -2.53. The molecule has 0 radical (unpaired) electrons. The van der Waals surface area contributed by atoms with Crippen LogP contribution in [0.15, 0.2) is 0 Å². The van der Waals surface area contributed by atoms with Gasteiger partial charge in [0.15, 0.2) is 0 Å². The van der Waals surface area contributed by atoms with E-state index in [9.17, 15) is 34.2 Å². The van der Waals surface area contributed by atoms with E-state index in [4.69, 9.17) is 5.73 Å². The first-order valence-electron chi connectivity index (χ1n) is 15.7. The number of imide groups is 1. The predicted molar refractivity (Wildman–Crippen MR) is 153 cm³/mol. The van der Waals surface area contributed by atoms with Gasteiger partial charge in [0.2, 0.25) is 17.7 Å². The van der Waals surface area contributed by atoms with Crippen LogP contribution in [0.3, 0.4) is 0 Å². The van der Waals surface area contributed by atoms with Crippen molar-refractivity contribution in [3.8, 4) is 0 Å². The van der Waals surface area contributed by atoms with Gasteiger partial charge in [0.05, 0.1) is 12.5 Å². The third-order valence-electron chi connectivity index (χ3n) is 9.59. The number of nitrogens with zero attached hydrogens (tertiary/aromatic N) is 2. The summed E-state index contributed by atoms with van der Waals surface area (Å²) in [5.74, 6) is -3.19. The number of rotatable bonds is 14. The Morgan fingerprint density at radius 1 is 0.927 bits per heavy atom. The van der Waals surface area contributed by atoms with Gasteiger partial charge in [-0.15, -0.1) is 0 Å². The Bertz CT molecular complexity index is 921. The monoisotopic (exact) mass is 578 g/mol. The molecule has 2 aliphatic carbocycles. The first-order chi connectivity index (χ1) is 19.6. The molecule has 3 unspecified atom stereocenters. The molecule has 5 N–H and O–H groups in total. The van der Waals surface area contributed by atoms with Crippen molar-refractivity contribution in [1.29, 1.82) is 0 Å². The van der Waals surface area contributed by atoms with E-state index < -0.39 is 48.8 Å². The van der Waals surface area contributed by atoms with Gasteiger partial charge in [0, 0.05) is 13.0 Å². The molecule has 1 aliphatic heterocycles. The molecule has 0 aromatic heterocycles. The van der Waals surface area contributed by atoms with Crippen LogP contribution >= 0.6 is 0 Å². The summed E-state index contributed by atoms with van der Waals surface area (Å²) < 4.78 is 0. The van der Waals surface area contributed by atoms with E-state index in [1.807, 2.05) is 0 Å². The second-order valence-corrected chi connectivity index (χ2v) is 12.3. The molecule has 232 valence electrons. The fourth-order valence-corrected chi connectivity index (χ4v) is 7.36. The maximum Gasteiger partial charge on any atom is 0.326 e. The quantitative estimate of drug-likeness (QED) is 0.242. The zero-order chi connectivity index (χ0) is 29.9. The smallest absolute Gasteiger partial charge is 0.326 e. The zero-order valence-corrected chi connectivity index (χ0v) is 24.6. The number of hydrogen-bond donors (Lipinski definition) is 4. The van der Waals surface area contributed by atoms with Crippen LogP contribution in [0.5, 0.6) is 0 Å². The summed E-state index contributed by atoms with van der Waals surface area (Å²) in [6.07, 6.45) is 10.8. The number of fused-ring (bicyclic) bond motifs is 1. The van der Waals surface area contributed by atoms with Gasteiger partial charge in [-0.25, -0.2) is 4.79 Å². The second kappa shape index (κ2) is 16.2. The third-order valence-corrected chi connectivity index (χ3v) is 9.59. The summed E-state index contributed by atoms with van der Waals surface area (Å²) in [6.45, 7) is 3.48. The number of piperidine rings is 1. The second-order valence-electron chi connectivity index (χ2n) is 12.3. The minimum Gasteiger partial charge on any atom is -0.481 e. The zero-order valence-electron chi connectivity index (χ0n) is 24.6. The highest BCUT2D eigenvalue weighted by molar-refractivity contribution is 6.03. The molecule has 3 amide bonds. The number of aliphatic carboxylic acids is 2. The molecule has 0 bridgehead atoms. The number of carbonyl (C=O) groups excluding carboxylic acids is 3. The summed E-state index contributed by atoms with van der Waals surface area (Å²) in [7, 11) is 0. The molecular formula is C30H50N4O7. The minimum absolute atomic E-state index is 0.0489. The molecule has 3 rings (SSSR count). The average molecular weight is 579 g/mol. The number of carboxylic acid groups (broad SMARTS) is 2. The molecule has 5 atom stereocenters. The topological polar surface area (TPSA) is 170 Å². The minimum atomic E-state index is -1.57. The largest absolute Gasteiger partial charge is 0.481 e. The van der Waals surface area contributed by atoms with Gasteiger partial charge in [0.25, 0.3) is 0 Å². The Morgan fingerprint density at radius 2 is 1.61 bits per heavy atom. The molecule has 1 saturated heterocycles. The van der Waals surface area contributed by atoms with Gasteiger partial charge in [-0.05, 0) is 82.2 Å². The molecular weight excluding hydrogens is 528 g/mol. The number of nitrogens with two attached hydrogens (primary N) is 1. The van der Waals surface area contributed by atoms with Crippen molar-refractivity contribution in [2.24, 2.45) is 29.4 Å². The Labute approximate surface area is 243 Å². The number of carbonyl (C=O) groups is 5. The summed E-state index contributed by atoms with van der Waals surface area (Å²) in [5.41, 5.74) is 5.89. The highest BCUT2D eigenvalue weighted by Gasteiger charge is 2.43. The van der Waals surface area contributed by atoms with E-state index >= 15 is 0 Å². The molecule has 0 spiro atoms. The Balaban J connectivity index is 1.74. The molecule has 0 aromatic carbocycles. The van der Waals surface area contributed by atoms with Crippen molar-refractivity contribution in [3.63, 3.8) is 0 Å². The maximum absolute atomic E-state index is 13.7. The van der Waals surface area contributed by atoms with Crippen LogP contribution in [-0.2, 0) is 24.0 Å². The van der Waals surface area contributed by atoms with Gasteiger partial charge in [-0.1, -0.05) is 38.5 Å². The fourth-order valence-electron chi connectivity index (χ4n) is 7.36. The van der Waals surface area contributed by atoms with Gasteiger partial charge in [-0.2, -0.15) is 0 Å². The van der Waals surface area contributed by atoms with E-state index in [0.717, 1.165) is 70.9 Å². The van der Waals surface area contributed by atoms with Crippen molar-refractivity contribution >= 4 is 29.7 Å². The molecule has 3 aliphatic rings. The number of nitrogens with one attached hydrogen (secondary N) is 1. The molecule has 3 fully saturated rings. The van der Waals surface area contributed by atoms with Crippen molar-refractivity contribution < 1.29 is 34.2 Å². The Kier molecular flexibility index (Phi) is 13.0. The van der Waals surface area contributed by atoms with Crippen LogP contribution in [0, 0.1) is 23.7 Å². The van der Waals surface area contributed by atoms with Gasteiger partial charge in [0.1, 0.15) is 12.6 Å². The molecule has 0 aromatic rings. The predicted octanol–water partition coefficient (Wildman–Crippen LogP) is 2.61. The maximum atomic E-state index is 13.7. The SMILES string of the molecule is CCN(CC(=O)N(C(=O)[C@@H](N)CC(=O)O)[C@@H](CC1CCCC2CCCCC21)C(=O)O)C(=O)CCCC1CCNCC1. The highest BCUT2D eigenvalue weighted by atomic mass is 16.4. The summed E-state index contributed by atoms with van der Waals surface area (Å²) >= 11 is 0. The lowest BCUT2D eigenvalue weighted by molar-refractivity contribution is -0.161. The molecule has 11 heteroatoms. The van der Waals surface area contributed by atoms with E-state index in [2.05, 4.69) is 5.32 Å². The third kappa shape index (κ3) is 9.49. The van der Waals surface area contributed by atoms with Gasteiger partial charge >= 0.3 is 11.9 Å². The first-order valence-corrected chi connectivity index (χ1v) is 15.7.